The molecule has 0 fully saturated rings. The predicted molar refractivity (Wildman–Crippen MR) is 114 cm³/mol. The number of carbonyl (C=O) groups is 1. The Morgan fingerprint density at radius 3 is 2.58 bits per heavy atom. The van der Waals surface area contributed by atoms with Gasteiger partial charge in [-0.3, -0.25) is 4.79 Å². The number of aromatic nitrogens is 3. The van der Waals surface area contributed by atoms with Crippen molar-refractivity contribution in [2.45, 2.75) is 19.0 Å². The van der Waals surface area contributed by atoms with Gasteiger partial charge in [0, 0.05) is 21.9 Å². The number of anilines is 1. The lowest BCUT2D eigenvalue weighted by Gasteiger charge is -2.08. The largest absolute Gasteiger partial charge is 0.325 e. The third kappa shape index (κ3) is 4.45. The predicted octanol–water partition coefficient (Wildman–Crippen LogP) is 4.43. The average molecular weight is 478 g/mol. The first kappa shape index (κ1) is 18.9. The second-order valence-corrected chi connectivity index (χ2v) is 8.22. The molecule has 1 N–H and O–H groups in total. The van der Waals surface area contributed by atoms with Crippen molar-refractivity contribution >= 4 is 45.9 Å². The molecule has 26 heavy (non-hydrogen) atoms. The molecule has 0 aliphatic rings. The Hall–Kier alpha value is -1.87. The lowest BCUT2D eigenvalue weighted by Crippen LogP contribution is -2.15. The zero-order valence-electron chi connectivity index (χ0n) is 14.8. The van der Waals surface area contributed by atoms with Gasteiger partial charge in [-0.15, -0.1) is 10.2 Å². The van der Waals surface area contributed by atoms with E-state index in [9.17, 15) is 4.79 Å². The number of carbonyl (C=O) groups excluding carboxylic acids is 1. The van der Waals surface area contributed by atoms with E-state index in [1.165, 1.54) is 17.3 Å². The molecular weight excluding hydrogens is 459 g/mol. The van der Waals surface area contributed by atoms with E-state index in [-0.39, 0.29) is 11.7 Å². The molecule has 0 saturated carbocycles. The van der Waals surface area contributed by atoms with Gasteiger partial charge in [0.2, 0.25) is 5.91 Å². The number of hydrogen-bond donors (Lipinski definition) is 1. The van der Waals surface area contributed by atoms with Crippen molar-refractivity contribution in [3.63, 3.8) is 0 Å². The average Bonchev–Trinajstić information content (AvgIpc) is 2.97. The Balaban J connectivity index is 1.64. The van der Waals surface area contributed by atoms with Crippen molar-refractivity contribution in [2.24, 2.45) is 7.05 Å². The third-order valence-electron chi connectivity index (χ3n) is 3.94. The van der Waals surface area contributed by atoms with Crippen LogP contribution in [0, 0.1) is 17.4 Å². The van der Waals surface area contributed by atoms with E-state index in [4.69, 9.17) is 0 Å². The van der Waals surface area contributed by atoms with Gasteiger partial charge in [-0.1, -0.05) is 41.6 Å². The van der Waals surface area contributed by atoms with E-state index in [1.807, 2.05) is 61.0 Å². The Kier molecular flexibility index (Phi) is 5.98. The lowest BCUT2D eigenvalue weighted by molar-refractivity contribution is -0.113. The van der Waals surface area contributed by atoms with Crippen LogP contribution in [-0.4, -0.2) is 26.4 Å². The molecule has 1 amide bonds. The second kappa shape index (κ2) is 8.22. The van der Waals surface area contributed by atoms with Crippen molar-refractivity contribution in [1.82, 2.24) is 14.8 Å². The standard InChI is InChI=1S/C19H19IN4OS/c1-12-4-6-14(7-5-12)18-22-23-19(24(18)3)26-11-17(25)21-16-9-8-15(20)10-13(16)2/h4-10H,11H2,1-3H3,(H,21,25). The number of rotatable bonds is 5. The normalized spacial score (nSPS) is 10.8. The van der Waals surface area contributed by atoms with Crippen LogP contribution in [0.4, 0.5) is 5.69 Å². The number of hydrogen-bond acceptors (Lipinski definition) is 4. The van der Waals surface area contributed by atoms with Gasteiger partial charge in [-0.2, -0.15) is 0 Å². The van der Waals surface area contributed by atoms with E-state index in [0.29, 0.717) is 0 Å². The van der Waals surface area contributed by atoms with Crippen LogP contribution >= 0.6 is 34.4 Å². The number of thioether (sulfide) groups is 1. The molecule has 0 unspecified atom stereocenters. The summed E-state index contributed by atoms with van der Waals surface area (Å²) in [6, 6.07) is 14.1. The van der Waals surface area contributed by atoms with Crippen LogP contribution < -0.4 is 5.32 Å². The smallest absolute Gasteiger partial charge is 0.234 e. The Morgan fingerprint density at radius 2 is 1.88 bits per heavy atom. The zero-order valence-corrected chi connectivity index (χ0v) is 17.8. The summed E-state index contributed by atoms with van der Waals surface area (Å²) in [6.07, 6.45) is 0. The second-order valence-electron chi connectivity index (χ2n) is 6.03. The number of nitrogens with zero attached hydrogens (tertiary/aromatic N) is 3. The van der Waals surface area contributed by atoms with Gasteiger partial charge in [-0.05, 0) is 60.2 Å². The van der Waals surface area contributed by atoms with Crippen LogP contribution in [0.2, 0.25) is 0 Å². The highest BCUT2D eigenvalue weighted by atomic mass is 127. The third-order valence-corrected chi connectivity index (χ3v) is 5.63. The zero-order chi connectivity index (χ0) is 18.7. The van der Waals surface area contributed by atoms with Crippen LogP contribution in [0.15, 0.2) is 47.6 Å². The van der Waals surface area contributed by atoms with E-state index < -0.39 is 0 Å². The maximum Gasteiger partial charge on any atom is 0.234 e. The number of amides is 1. The van der Waals surface area contributed by atoms with Gasteiger partial charge in [0.05, 0.1) is 5.75 Å². The van der Waals surface area contributed by atoms with E-state index >= 15 is 0 Å². The number of aryl methyl sites for hydroxylation is 2. The van der Waals surface area contributed by atoms with Gasteiger partial charge in [0.15, 0.2) is 11.0 Å². The molecular formula is C19H19IN4OS. The summed E-state index contributed by atoms with van der Waals surface area (Å²) in [5.74, 6) is 1.02. The van der Waals surface area contributed by atoms with E-state index in [2.05, 4.69) is 45.0 Å². The summed E-state index contributed by atoms with van der Waals surface area (Å²) >= 11 is 3.64. The fourth-order valence-electron chi connectivity index (χ4n) is 2.48. The van der Waals surface area contributed by atoms with Gasteiger partial charge in [-0.25, -0.2) is 0 Å². The molecule has 7 heteroatoms. The molecule has 0 radical (unpaired) electrons. The molecule has 5 nitrogen and oxygen atoms in total. The summed E-state index contributed by atoms with van der Waals surface area (Å²) in [4.78, 5) is 12.3. The number of halogens is 1. The van der Waals surface area contributed by atoms with Crippen molar-refractivity contribution in [3.8, 4) is 11.4 Å². The lowest BCUT2D eigenvalue weighted by atomic mass is 10.1. The number of nitrogens with one attached hydrogen (secondary N) is 1. The summed E-state index contributed by atoms with van der Waals surface area (Å²) in [5.41, 5.74) is 4.11. The fraction of sp³-hybridized carbons (Fsp3) is 0.211. The van der Waals surface area contributed by atoms with Crippen LogP contribution in [0.25, 0.3) is 11.4 Å². The van der Waals surface area contributed by atoms with Gasteiger partial charge in [0.25, 0.3) is 0 Å². The molecule has 134 valence electrons. The quantitative estimate of drug-likeness (QED) is 0.436. The topological polar surface area (TPSA) is 59.8 Å². The summed E-state index contributed by atoms with van der Waals surface area (Å²) < 4.78 is 3.06. The molecule has 0 saturated heterocycles. The Labute approximate surface area is 170 Å². The monoisotopic (exact) mass is 478 g/mol. The summed E-state index contributed by atoms with van der Waals surface area (Å²) in [5, 5.41) is 12.1. The minimum Gasteiger partial charge on any atom is -0.325 e. The van der Waals surface area contributed by atoms with E-state index in [1.54, 1.807) is 0 Å². The van der Waals surface area contributed by atoms with Gasteiger partial charge >= 0.3 is 0 Å². The molecule has 3 rings (SSSR count). The van der Waals surface area contributed by atoms with Crippen molar-refractivity contribution in [2.75, 3.05) is 11.1 Å². The maximum atomic E-state index is 12.3. The first-order chi connectivity index (χ1) is 12.4. The van der Waals surface area contributed by atoms with Gasteiger partial charge < -0.3 is 9.88 Å². The Morgan fingerprint density at radius 1 is 1.15 bits per heavy atom. The summed E-state index contributed by atoms with van der Waals surface area (Å²) in [6.45, 7) is 4.04. The molecule has 1 aromatic heterocycles. The van der Waals surface area contributed by atoms with Crippen molar-refractivity contribution < 1.29 is 4.79 Å². The molecule has 0 atom stereocenters. The molecule has 2 aromatic carbocycles. The molecule has 3 aromatic rings. The van der Waals surface area contributed by atoms with Crippen LogP contribution in [0.1, 0.15) is 11.1 Å². The van der Waals surface area contributed by atoms with Crippen molar-refractivity contribution in [1.29, 1.82) is 0 Å². The minimum atomic E-state index is -0.0563. The molecule has 0 spiro atoms. The molecule has 0 aliphatic carbocycles. The van der Waals surface area contributed by atoms with Gasteiger partial charge in [0.1, 0.15) is 0 Å². The highest BCUT2D eigenvalue weighted by Gasteiger charge is 2.13. The minimum absolute atomic E-state index is 0.0563. The van der Waals surface area contributed by atoms with Crippen LogP contribution in [-0.2, 0) is 11.8 Å². The maximum absolute atomic E-state index is 12.3. The molecule has 0 bridgehead atoms. The SMILES string of the molecule is Cc1ccc(-c2nnc(SCC(=O)Nc3ccc(I)cc3C)n2C)cc1. The number of benzene rings is 2. The van der Waals surface area contributed by atoms with Crippen LogP contribution in [0.3, 0.4) is 0 Å². The highest BCUT2D eigenvalue weighted by Crippen LogP contribution is 2.23. The summed E-state index contributed by atoms with van der Waals surface area (Å²) in [7, 11) is 1.92. The highest BCUT2D eigenvalue weighted by molar-refractivity contribution is 14.1. The first-order valence-corrected chi connectivity index (χ1v) is 10.2. The fourth-order valence-corrected chi connectivity index (χ4v) is 3.84. The molecule has 1 heterocycles. The molecule has 0 aliphatic heterocycles. The first-order valence-electron chi connectivity index (χ1n) is 8.09. The van der Waals surface area contributed by atoms with E-state index in [0.717, 1.165) is 31.4 Å². The van der Waals surface area contributed by atoms with Crippen LogP contribution in [0.5, 0.6) is 0 Å². The van der Waals surface area contributed by atoms with Crippen molar-refractivity contribution in [3.05, 3.63) is 57.2 Å². The Bertz CT molecular complexity index is 937.